The van der Waals surface area contributed by atoms with Crippen LogP contribution in [0.1, 0.15) is 30.8 Å². The summed E-state index contributed by atoms with van der Waals surface area (Å²) in [6.07, 6.45) is 1.06. The van der Waals surface area contributed by atoms with E-state index in [4.69, 9.17) is 4.98 Å². The number of nitrogens with zero attached hydrogens (tertiary/aromatic N) is 3. The molecule has 112 valence electrons. The van der Waals surface area contributed by atoms with Gasteiger partial charge in [0.2, 0.25) is 0 Å². The molecule has 0 aromatic carbocycles. The Balaban J connectivity index is 1.95. The van der Waals surface area contributed by atoms with E-state index in [1.165, 1.54) is 16.8 Å². The lowest BCUT2D eigenvalue weighted by Crippen LogP contribution is -2.31. The fraction of sp³-hybridized carbons (Fsp3) is 0.500. The summed E-state index contributed by atoms with van der Waals surface area (Å²) in [6, 6.07) is 2.30. The lowest BCUT2D eigenvalue weighted by molar-refractivity contribution is 0.265. The van der Waals surface area contributed by atoms with Crippen molar-refractivity contribution in [2.75, 3.05) is 25.0 Å². The highest BCUT2D eigenvalue weighted by Gasteiger charge is 2.19. The zero-order chi connectivity index (χ0) is 14.8. The topological polar surface area (TPSA) is 41.1 Å². The maximum atomic E-state index is 4.83. The van der Waals surface area contributed by atoms with Gasteiger partial charge in [0.05, 0.1) is 5.69 Å². The number of anilines is 1. The normalized spacial score (nSPS) is 15.0. The number of aryl methyl sites for hydroxylation is 1. The average molecular weight is 302 g/mol. The third-order valence-electron chi connectivity index (χ3n) is 4.00. The predicted octanol–water partition coefficient (Wildman–Crippen LogP) is 3.32. The molecular formula is C16H22N4S. The molecule has 1 aliphatic heterocycles. The quantitative estimate of drug-likeness (QED) is 0.940. The minimum Gasteiger partial charge on any atom is -0.362 e. The molecule has 0 atom stereocenters. The number of aromatic nitrogens is 2. The van der Waals surface area contributed by atoms with Crippen LogP contribution in [0.15, 0.2) is 11.4 Å². The molecule has 0 unspecified atom stereocenters. The minimum absolute atomic E-state index is 0.903. The average Bonchev–Trinajstić information content (AvgIpc) is 2.95. The fourth-order valence-corrected chi connectivity index (χ4v) is 3.57. The second-order valence-corrected chi connectivity index (χ2v) is 6.27. The lowest BCUT2D eigenvalue weighted by atomic mass is 10.0. The fourth-order valence-electron chi connectivity index (χ4n) is 2.79. The molecule has 0 spiro atoms. The second-order valence-electron chi connectivity index (χ2n) is 5.41. The van der Waals surface area contributed by atoms with Gasteiger partial charge in [-0.2, -0.15) is 0 Å². The molecule has 0 fully saturated rings. The molecule has 4 nitrogen and oxygen atoms in total. The van der Waals surface area contributed by atoms with Crippen LogP contribution in [-0.4, -0.2) is 34.5 Å². The van der Waals surface area contributed by atoms with E-state index in [1.807, 2.05) is 0 Å². The predicted molar refractivity (Wildman–Crippen MR) is 88.9 cm³/mol. The van der Waals surface area contributed by atoms with Crippen molar-refractivity contribution in [3.63, 3.8) is 0 Å². The summed E-state index contributed by atoms with van der Waals surface area (Å²) in [5.74, 6) is 0. The summed E-state index contributed by atoms with van der Waals surface area (Å²) in [4.78, 5) is 12.0. The smallest absolute Gasteiger partial charge is 0.183 e. The van der Waals surface area contributed by atoms with Crippen LogP contribution in [0.5, 0.6) is 0 Å². The van der Waals surface area contributed by atoms with Crippen molar-refractivity contribution in [3.8, 4) is 11.3 Å². The van der Waals surface area contributed by atoms with Gasteiger partial charge in [0.25, 0.3) is 0 Å². The molecule has 3 heterocycles. The summed E-state index contributed by atoms with van der Waals surface area (Å²) >= 11 is 1.66. The van der Waals surface area contributed by atoms with Crippen molar-refractivity contribution in [3.05, 3.63) is 28.4 Å². The van der Waals surface area contributed by atoms with Crippen molar-refractivity contribution in [2.24, 2.45) is 0 Å². The van der Waals surface area contributed by atoms with Gasteiger partial charge in [0, 0.05) is 48.4 Å². The monoisotopic (exact) mass is 302 g/mol. The van der Waals surface area contributed by atoms with Gasteiger partial charge >= 0.3 is 0 Å². The van der Waals surface area contributed by atoms with Crippen LogP contribution < -0.4 is 5.32 Å². The highest BCUT2D eigenvalue weighted by molar-refractivity contribution is 7.14. The Morgan fingerprint density at radius 3 is 2.95 bits per heavy atom. The zero-order valence-corrected chi connectivity index (χ0v) is 13.8. The highest BCUT2D eigenvalue weighted by atomic mass is 32.1. The summed E-state index contributed by atoms with van der Waals surface area (Å²) < 4.78 is 0. The third-order valence-corrected chi connectivity index (χ3v) is 4.80. The molecule has 2 aromatic heterocycles. The standard InChI is InChI=1S/C16H22N4S/c1-4-17-16-19-15(10-21-16)13-8-12-9-20(5-2)7-6-14(12)18-11(13)3/h8,10H,4-7,9H2,1-3H3,(H,17,19). The van der Waals surface area contributed by atoms with Crippen LogP contribution in [0.2, 0.25) is 0 Å². The van der Waals surface area contributed by atoms with Gasteiger partial charge in [-0.05, 0) is 32.0 Å². The largest absolute Gasteiger partial charge is 0.362 e. The molecule has 0 saturated heterocycles. The first kappa shape index (κ1) is 14.5. The molecular weight excluding hydrogens is 280 g/mol. The molecule has 1 N–H and O–H groups in total. The number of nitrogens with one attached hydrogen (secondary N) is 1. The van der Waals surface area contributed by atoms with E-state index in [2.05, 4.69) is 47.4 Å². The molecule has 3 rings (SSSR count). The molecule has 0 saturated carbocycles. The van der Waals surface area contributed by atoms with Gasteiger partial charge in [-0.3, -0.25) is 9.88 Å². The lowest BCUT2D eigenvalue weighted by Gasteiger charge is -2.27. The Bertz CT molecular complexity index is 635. The minimum atomic E-state index is 0.903. The first-order chi connectivity index (χ1) is 10.2. The third kappa shape index (κ3) is 2.94. The Morgan fingerprint density at radius 1 is 1.33 bits per heavy atom. The van der Waals surface area contributed by atoms with Crippen molar-refractivity contribution in [1.29, 1.82) is 0 Å². The Kier molecular flexibility index (Phi) is 4.22. The van der Waals surface area contributed by atoms with Crippen molar-refractivity contribution >= 4 is 16.5 Å². The van der Waals surface area contributed by atoms with E-state index in [9.17, 15) is 0 Å². The van der Waals surface area contributed by atoms with Gasteiger partial charge in [0.1, 0.15) is 0 Å². The van der Waals surface area contributed by atoms with E-state index in [1.54, 1.807) is 11.3 Å². The highest BCUT2D eigenvalue weighted by Crippen LogP contribution is 2.30. The summed E-state index contributed by atoms with van der Waals surface area (Å²) in [5.41, 5.74) is 5.93. The molecule has 5 heteroatoms. The molecule has 2 aromatic rings. The number of hydrogen-bond donors (Lipinski definition) is 1. The number of fused-ring (bicyclic) bond motifs is 1. The Morgan fingerprint density at radius 2 is 2.19 bits per heavy atom. The number of pyridine rings is 1. The van der Waals surface area contributed by atoms with Gasteiger partial charge in [0.15, 0.2) is 5.13 Å². The first-order valence-electron chi connectivity index (χ1n) is 7.62. The van der Waals surface area contributed by atoms with Crippen LogP contribution in [0.4, 0.5) is 5.13 Å². The zero-order valence-electron chi connectivity index (χ0n) is 12.9. The molecule has 1 aliphatic rings. The van der Waals surface area contributed by atoms with Crippen molar-refractivity contribution in [2.45, 2.75) is 33.7 Å². The molecule has 0 aliphatic carbocycles. The van der Waals surface area contributed by atoms with E-state index in [0.29, 0.717) is 0 Å². The van der Waals surface area contributed by atoms with Crippen LogP contribution >= 0.6 is 11.3 Å². The molecule has 0 bridgehead atoms. The first-order valence-corrected chi connectivity index (χ1v) is 8.50. The van der Waals surface area contributed by atoms with Crippen LogP contribution in [0.3, 0.4) is 0 Å². The number of rotatable bonds is 4. The Labute approximate surface area is 130 Å². The van der Waals surface area contributed by atoms with Gasteiger partial charge in [-0.25, -0.2) is 4.98 Å². The van der Waals surface area contributed by atoms with E-state index in [0.717, 1.165) is 49.1 Å². The van der Waals surface area contributed by atoms with Crippen LogP contribution in [0.25, 0.3) is 11.3 Å². The number of likely N-dealkylation sites (N-methyl/N-ethyl adjacent to an activating group) is 1. The van der Waals surface area contributed by atoms with Crippen LogP contribution in [-0.2, 0) is 13.0 Å². The summed E-state index contributed by atoms with van der Waals surface area (Å²) in [6.45, 7) is 10.5. The second kappa shape index (κ2) is 6.12. The molecule has 0 amide bonds. The van der Waals surface area contributed by atoms with Crippen molar-refractivity contribution < 1.29 is 0 Å². The van der Waals surface area contributed by atoms with Crippen molar-refractivity contribution in [1.82, 2.24) is 14.9 Å². The van der Waals surface area contributed by atoms with Crippen LogP contribution in [0, 0.1) is 6.92 Å². The van der Waals surface area contributed by atoms with E-state index >= 15 is 0 Å². The number of thiazole rings is 1. The van der Waals surface area contributed by atoms with Gasteiger partial charge in [-0.15, -0.1) is 11.3 Å². The van der Waals surface area contributed by atoms with Gasteiger partial charge in [-0.1, -0.05) is 6.92 Å². The Hall–Kier alpha value is -1.46. The maximum Gasteiger partial charge on any atom is 0.183 e. The summed E-state index contributed by atoms with van der Waals surface area (Å²) in [5, 5.41) is 6.38. The number of hydrogen-bond acceptors (Lipinski definition) is 5. The molecule has 0 radical (unpaired) electrons. The van der Waals surface area contributed by atoms with E-state index < -0.39 is 0 Å². The van der Waals surface area contributed by atoms with E-state index in [-0.39, 0.29) is 0 Å². The SMILES string of the molecule is CCNc1nc(-c2cc3c(nc2C)CCN(CC)C3)cs1. The maximum absolute atomic E-state index is 4.83. The molecule has 21 heavy (non-hydrogen) atoms. The summed E-state index contributed by atoms with van der Waals surface area (Å²) in [7, 11) is 0. The van der Waals surface area contributed by atoms with Gasteiger partial charge < -0.3 is 5.32 Å².